The van der Waals surface area contributed by atoms with Gasteiger partial charge in [0.15, 0.2) is 0 Å². The topological polar surface area (TPSA) is 137 Å². The molecule has 0 aliphatic carbocycles. The lowest BCUT2D eigenvalue weighted by molar-refractivity contribution is -0.133. The molecule has 10 nitrogen and oxygen atoms in total. The second kappa shape index (κ2) is 16.6. The number of carbonyl (C=O) groups excluding carboxylic acids is 3. The van der Waals surface area contributed by atoms with Crippen LogP contribution in [0.1, 0.15) is 55.8 Å². The molecule has 252 valence electrons. The number of nitrogens with one attached hydrogen (secondary N) is 5. The van der Waals surface area contributed by atoms with Crippen molar-refractivity contribution in [3.63, 3.8) is 0 Å². The highest BCUT2D eigenvalue weighted by Crippen LogP contribution is 2.31. The fourth-order valence-corrected chi connectivity index (χ4v) is 6.15. The summed E-state index contributed by atoms with van der Waals surface area (Å²) in [4.78, 5) is 50.9. The van der Waals surface area contributed by atoms with Crippen molar-refractivity contribution in [1.82, 2.24) is 26.1 Å². The maximum absolute atomic E-state index is 13.6. The van der Waals surface area contributed by atoms with E-state index in [1.807, 2.05) is 55.5 Å². The minimum Gasteiger partial charge on any atom is -0.497 e. The van der Waals surface area contributed by atoms with Crippen LogP contribution in [0, 0.1) is 6.92 Å². The first-order chi connectivity index (χ1) is 23.4. The molecule has 2 aromatic heterocycles. The Morgan fingerprint density at radius 3 is 2.40 bits per heavy atom. The smallest absolute Gasteiger partial charge is 0.243 e. The number of fused-ring (bicyclic) bond motifs is 2. The number of para-hydroxylation sites is 1. The van der Waals surface area contributed by atoms with Crippen LogP contribution in [0.3, 0.4) is 0 Å². The number of benzene rings is 3. The van der Waals surface area contributed by atoms with Crippen LogP contribution >= 0.6 is 0 Å². The fourth-order valence-electron chi connectivity index (χ4n) is 6.15. The van der Waals surface area contributed by atoms with Gasteiger partial charge in [-0.3, -0.25) is 19.2 Å². The van der Waals surface area contributed by atoms with Crippen molar-refractivity contribution in [3.05, 3.63) is 89.6 Å². The van der Waals surface area contributed by atoms with Gasteiger partial charge in [0.25, 0.3) is 0 Å². The van der Waals surface area contributed by atoms with Crippen LogP contribution in [0.15, 0.2) is 72.8 Å². The molecule has 3 aromatic carbocycles. The van der Waals surface area contributed by atoms with Gasteiger partial charge in [0.2, 0.25) is 17.7 Å². The van der Waals surface area contributed by atoms with Gasteiger partial charge in [0, 0.05) is 46.2 Å². The minimum absolute atomic E-state index is 0.121. The molecule has 48 heavy (non-hydrogen) atoms. The first-order valence-electron chi connectivity index (χ1n) is 16.7. The normalized spacial score (nSPS) is 11.8. The van der Waals surface area contributed by atoms with E-state index in [0.29, 0.717) is 51.0 Å². The van der Waals surface area contributed by atoms with Crippen molar-refractivity contribution in [2.75, 3.05) is 20.3 Å². The molecule has 0 radical (unpaired) electrons. The Hall–Kier alpha value is -5.09. The first-order valence-corrected chi connectivity index (χ1v) is 16.7. The largest absolute Gasteiger partial charge is 0.497 e. The molecular weight excluding hydrogens is 606 g/mol. The molecular formula is C38H45N5O5. The summed E-state index contributed by atoms with van der Waals surface area (Å²) in [5.41, 5.74) is 9.39. The predicted octanol–water partition coefficient (Wildman–Crippen LogP) is 6.04. The summed E-state index contributed by atoms with van der Waals surface area (Å²) in [6, 6.07) is 23.4. The SMILES string of the molecule is CCONC(=O)CCCCC[C@H](NC(=O)Cc1c(C)[nH]c2ccc(OC)cc12)C(=O)NCCc1c(-c2ccccc2)[nH]c2ccccc12. The average molecular weight is 652 g/mol. The zero-order valence-electron chi connectivity index (χ0n) is 27.9. The summed E-state index contributed by atoms with van der Waals surface area (Å²) in [7, 11) is 1.61. The lowest BCUT2D eigenvalue weighted by Crippen LogP contribution is -2.47. The highest BCUT2D eigenvalue weighted by Gasteiger charge is 2.23. The van der Waals surface area contributed by atoms with Gasteiger partial charge in [0.05, 0.1) is 20.1 Å². The van der Waals surface area contributed by atoms with E-state index in [1.54, 1.807) is 14.0 Å². The molecule has 0 bridgehead atoms. The van der Waals surface area contributed by atoms with E-state index >= 15 is 0 Å². The molecule has 0 aliphatic heterocycles. The molecule has 2 heterocycles. The number of hydrogen-bond acceptors (Lipinski definition) is 5. The van der Waals surface area contributed by atoms with Gasteiger partial charge in [-0.1, -0.05) is 61.4 Å². The molecule has 0 unspecified atom stereocenters. The van der Waals surface area contributed by atoms with Crippen molar-refractivity contribution in [3.8, 4) is 17.0 Å². The lowest BCUT2D eigenvalue weighted by atomic mass is 10.0. The molecule has 0 aliphatic rings. The third kappa shape index (κ3) is 8.63. The number of H-pyrrole nitrogens is 2. The van der Waals surface area contributed by atoms with E-state index in [-0.39, 0.29) is 24.1 Å². The van der Waals surface area contributed by atoms with Gasteiger partial charge in [-0.2, -0.15) is 0 Å². The number of aromatic nitrogens is 2. The Labute approximate surface area is 280 Å². The van der Waals surface area contributed by atoms with Crippen molar-refractivity contribution < 1.29 is 24.0 Å². The van der Waals surface area contributed by atoms with Crippen LogP contribution in [0.2, 0.25) is 0 Å². The van der Waals surface area contributed by atoms with Gasteiger partial charge in [-0.05, 0) is 74.1 Å². The maximum Gasteiger partial charge on any atom is 0.243 e. The summed E-state index contributed by atoms with van der Waals surface area (Å²) < 4.78 is 5.40. The van der Waals surface area contributed by atoms with Gasteiger partial charge in [0.1, 0.15) is 11.8 Å². The number of ether oxygens (including phenoxy) is 1. The minimum atomic E-state index is -0.716. The highest BCUT2D eigenvalue weighted by molar-refractivity contribution is 5.94. The standard InChI is InChI=1S/C38H45N5O5/c1-4-48-43-35(44)18-10-6-9-17-34(41-36(45)24-30-25(2)40-33-20-19-27(47-3)23-31(30)33)38(46)39-22-21-29-28-15-11-12-16-32(28)42-37(29)26-13-7-5-8-14-26/h5,7-8,11-16,19-20,23,34,40,42H,4,6,9-10,17-18,21-22,24H2,1-3H3,(H,39,46)(H,41,45)(H,43,44)/t34-/m0/s1. The van der Waals surface area contributed by atoms with Crippen LogP contribution < -0.4 is 20.9 Å². The number of hydrogen-bond donors (Lipinski definition) is 5. The number of aromatic amines is 2. The Balaban J connectivity index is 1.26. The van der Waals surface area contributed by atoms with E-state index in [1.165, 1.54) is 0 Å². The quantitative estimate of drug-likeness (QED) is 0.0617. The van der Waals surface area contributed by atoms with Crippen LogP contribution in [0.25, 0.3) is 33.1 Å². The van der Waals surface area contributed by atoms with Crippen molar-refractivity contribution in [1.29, 1.82) is 0 Å². The number of carbonyl (C=O) groups is 3. The second-order valence-electron chi connectivity index (χ2n) is 11.9. The maximum atomic E-state index is 13.6. The molecule has 10 heteroatoms. The van der Waals surface area contributed by atoms with E-state index in [9.17, 15) is 14.4 Å². The zero-order chi connectivity index (χ0) is 33.9. The summed E-state index contributed by atoms with van der Waals surface area (Å²) in [5.74, 6) is 0.0789. The number of rotatable bonds is 17. The van der Waals surface area contributed by atoms with Crippen molar-refractivity contribution >= 4 is 39.5 Å². The third-order valence-corrected chi connectivity index (χ3v) is 8.59. The number of amides is 3. The van der Waals surface area contributed by atoms with E-state index in [4.69, 9.17) is 9.57 Å². The molecule has 0 spiro atoms. The first kappa shape index (κ1) is 34.3. The van der Waals surface area contributed by atoms with E-state index in [2.05, 4.69) is 50.3 Å². The fraction of sp³-hybridized carbons (Fsp3) is 0.342. The van der Waals surface area contributed by atoms with E-state index in [0.717, 1.165) is 56.3 Å². The van der Waals surface area contributed by atoms with Crippen LogP contribution in [0.4, 0.5) is 0 Å². The van der Waals surface area contributed by atoms with Gasteiger partial charge in [-0.15, -0.1) is 0 Å². The van der Waals surface area contributed by atoms with Crippen LogP contribution in [-0.2, 0) is 32.1 Å². The van der Waals surface area contributed by atoms with E-state index < -0.39 is 6.04 Å². The van der Waals surface area contributed by atoms with Crippen LogP contribution in [0.5, 0.6) is 5.75 Å². The molecule has 5 aromatic rings. The Kier molecular flexibility index (Phi) is 11.9. The van der Waals surface area contributed by atoms with Crippen molar-refractivity contribution in [2.24, 2.45) is 0 Å². The molecule has 0 fully saturated rings. The third-order valence-electron chi connectivity index (χ3n) is 8.59. The molecule has 0 saturated carbocycles. The Morgan fingerprint density at radius 2 is 1.60 bits per heavy atom. The Morgan fingerprint density at radius 1 is 0.833 bits per heavy atom. The number of aryl methyl sites for hydroxylation is 1. The summed E-state index contributed by atoms with van der Waals surface area (Å²) >= 11 is 0. The summed E-state index contributed by atoms with van der Waals surface area (Å²) in [5, 5.41) is 8.15. The lowest BCUT2D eigenvalue weighted by Gasteiger charge is -2.19. The Bertz CT molecular complexity index is 1840. The zero-order valence-corrected chi connectivity index (χ0v) is 27.9. The van der Waals surface area contributed by atoms with Crippen LogP contribution in [-0.4, -0.2) is 54.0 Å². The highest BCUT2D eigenvalue weighted by atomic mass is 16.6. The van der Waals surface area contributed by atoms with Gasteiger partial charge < -0.3 is 25.3 Å². The van der Waals surface area contributed by atoms with Crippen molar-refractivity contribution in [2.45, 2.75) is 64.8 Å². The van der Waals surface area contributed by atoms with Gasteiger partial charge >= 0.3 is 0 Å². The molecule has 1 atom stereocenters. The predicted molar refractivity (Wildman–Crippen MR) is 189 cm³/mol. The number of hydroxylamine groups is 1. The molecule has 5 rings (SSSR count). The monoisotopic (exact) mass is 651 g/mol. The average Bonchev–Trinajstić information content (AvgIpc) is 3.63. The second-order valence-corrected chi connectivity index (χ2v) is 11.9. The number of methoxy groups -OCH3 is 1. The van der Waals surface area contributed by atoms with Gasteiger partial charge in [-0.25, -0.2) is 5.48 Å². The molecule has 3 amide bonds. The summed E-state index contributed by atoms with van der Waals surface area (Å²) in [6.07, 6.45) is 3.58. The summed E-state index contributed by atoms with van der Waals surface area (Å²) in [6.45, 7) is 4.56. The molecule has 0 saturated heterocycles. The number of unbranched alkanes of at least 4 members (excludes halogenated alkanes) is 2. The molecule has 5 N–H and O–H groups in total.